The van der Waals surface area contributed by atoms with Crippen LogP contribution in [0.4, 0.5) is 40.3 Å². The zero-order chi connectivity index (χ0) is 33.7. The summed E-state index contributed by atoms with van der Waals surface area (Å²) in [5.41, 5.74) is 2.13. The van der Waals surface area contributed by atoms with E-state index in [0.717, 1.165) is 5.69 Å². The van der Waals surface area contributed by atoms with Gasteiger partial charge < -0.3 is 25.2 Å². The van der Waals surface area contributed by atoms with E-state index in [-0.39, 0.29) is 28.6 Å². The highest BCUT2D eigenvalue weighted by Gasteiger charge is 2.19. The zero-order valence-corrected chi connectivity index (χ0v) is 30.8. The summed E-state index contributed by atoms with van der Waals surface area (Å²) in [5.74, 6) is -0.0550. The van der Waals surface area contributed by atoms with E-state index in [2.05, 4.69) is 92.9 Å². The number of carbonyl (C=O) groups is 1. The van der Waals surface area contributed by atoms with E-state index in [9.17, 15) is 14.5 Å². The predicted molar refractivity (Wildman–Crippen MR) is 202 cm³/mol. The molecule has 47 heavy (non-hydrogen) atoms. The highest BCUT2D eigenvalue weighted by molar-refractivity contribution is 9.12. The molecule has 4 N–H and O–H groups in total. The Hall–Kier alpha value is -3.12. The number of fused-ring (bicyclic) bond motifs is 1. The normalized spacial score (nSPS) is 12.0. The fraction of sp³-hybridized carbons (Fsp3) is 0.133. The molecule has 242 valence electrons. The average molecular weight is 837 g/mol. The highest BCUT2D eigenvalue weighted by atomic mass is 79.9. The molecule has 17 heteroatoms. The molecule has 1 aromatic heterocycles. The summed E-state index contributed by atoms with van der Waals surface area (Å²) >= 11 is 22.5. The highest BCUT2D eigenvalue weighted by Crippen LogP contribution is 2.46. The van der Waals surface area contributed by atoms with Gasteiger partial charge in [-0.3, -0.25) is 4.79 Å². The first-order valence-electron chi connectivity index (χ1n) is 13.7. The summed E-state index contributed by atoms with van der Waals surface area (Å²) in [4.78, 5) is 28.3. The van der Waals surface area contributed by atoms with Crippen LogP contribution in [0.25, 0.3) is 10.8 Å². The van der Waals surface area contributed by atoms with Gasteiger partial charge >= 0.3 is 0 Å². The third-order valence-corrected chi connectivity index (χ3v) is 10.2. The molecule has 4 aromatic carbocycles. The molecule has 0 aliphatic carbocycles. The van der Waals surface area contributed by atoms with Crippen LogP contribution in [0.1, 0.15) is 6.92 Å². The summed E-state index contributed by atoms with van der Waals surface area (Å²) < 4.78 is 9.92. The number of alkyl halides is 2. The van der Waals surface area contributed by atoms with Crippen LogP contribution in [0.15, 0.2) is 91.6 Å². The molecular formula is C30H25Br2ClN8O3S3. The largest absolute Gasteiger partial charge is 0.505 e. The second-order valence-electron chi connectivity index (χ2n) is 9.70. The number of halogens is 3. The molecule has 1 atom stereocenters. The predicted octanol–water partition coefficient (Wildman–Crippen LogP) is 9.94. The second kappa shape index (κ2) is 15.9. The van der Waals surface area contributed by atoms with Gasteiger partial charge in [-0.15, -0.1) is 35.5 Å². The number of nitrogens with one attached hydrogen (secondary N) is 2. The van der Waals surface area contributed by atoms with Crippen LogP contribution in [0.2, 0.25) is 5.28 Å². The Morgan fingerprint density at radius 3 is 2.53 bits per heavy atom. The van der Waals surface area contributed by atoms with E-state index in [1.807, 2.05) is 42.2 Å². The number of aromatic hydroxyl groups is 1. The lowest BCUT2D eigenvalue weighted by Crippen LogP contribution is -2.23. The van der Waals surface area contributed by atoms with Gasteiger partial charge in [0.2, 0.25) is 23.1 Å². The number of aromatic nitrogens is 3. The van der Waals surface area contributed by atoms with Gasteiger partial charge in [-0.1, -0.05) is 50.1 Å². The Balaban J connectivity index is 1.54. The standard InChI is InChI=1S/C30H25Br2ClN8O3S3/c1-2-41(17-6-4-3-5-7-17)30-37-28(33)36-29(38-30)35-21-13-18(47-44)10-15-11-23(46)25(26(42)24(15)21)40-39-20-12-16(8-9-22(20)45)34-27(43)19(32)14-31/h3-13,19,42,44-46H,2,14H2,1H3,(H,34,43)(H,35,36,37,38). The zero-order valence-electron chi connectivity index (χ0n) is 24.3. The van der Waals surface area contributed by atoms with Gasteiger partial charge in [0.15, 0.2) is 5.75 Å². The molecule has 0 aliphatic heterocycles. The van der Waals surface area contributed by atoms with Crippen LogP contribution in [-0.2, 0) is 4.79 Å². The summed E-state index contributed by atoms with van der Waals surface area (Å²) in [5, 5.41) is 27.4. The molecular weight excluding hydrogens is 812 g/mol. The van der Waals surface area contributed by atoms with Crippen molar-refractivity contribution in [1.29, 1.82) is 0 Å². The van der Waals surface area contributed by atoms with E-state index in [1.54, 1.807) is 36.4 Å². The SMILES string of the molecule is CCN(c1ccccc1)c1nc(Cl)nc(Nc2cc(SO)cc3cc(S)c(N=Nc4cc(NC(=O)C(Br)CBr)ccc4S)c(O)c23)n1. The number of benzene rings is 4. The molecule has 0 saturated heterocycles. The maximum absolute atomic E-state index is 12.3. The molecule has 1 amide bonds. The molecule has 1 unspecified atom stereocenters. The Morgan fingerprint density at radius 2 is 1.83 bits per heavy atom. The van der Waals surface area contributed by atoms with Crippen molar-refractivity contribution in [3.05, 3.63) is 72.0 Å². The minimum absolute atomic E-state index is 0.0416. The van der Waals surface area contributed by atoms with E-state index in [1.165, 1.54) is 0 Å². The lowest BCUT2D eigenvalue weighted by Gasteiger charge is -2.21. The van der Waals surface area contributed by atoms with Crippen LogP contribution < -0.4 is 15.5 Å². The lowest BCUT2D eigenvalue weighted by atomic mass is 10.1. The smallest absolute Gasteiger partial charge is 0.239 e. The lowest BCUT2D eigenvalue weighted by molar-refractivity contribution is -0.115. The summed E-state index contributed by atoms with van der Waals surface area (Å²) in [6.07, 6.45) is 0. The maximum atomic E-state index is 12.3. The molecule has 11 nitrogen and oxygen atoms in total. The number of hydrogen-bond donors (Lipinski definition) is 6. The van der Waals surface area contributed by atoms with Crippen LogP contribution >= 0.6 is 80.8 Å². The van der Waals surface area contributed by atoms with Crippen LogP contribution in [-0.4, -0.2) is 47.2 Å². The fourth-order valence-electron chi connectivity index (χ4n) is 4.48. The van der Waals surface area contributed by atoms with E-state index < -0.39 is 4.83 Å². The molecule has 0 saturated carbocycles. The Labute approximate surface area is 307 Å². The van der Waals surface area contributed by atoms with Crippen molar-refractivity contribution in [3.63, 3.8) is 0 Å². The topological polar surface area (TPSA) is 148 Å². The average Bonchev–Trinajstić information content (AvgIpc) is 3.05. The van der Waals surface area contributed by atoms with E-state index in [4.69, 9.17) is 11.6 Å². The second-order valence-corrected chi connectivity index (χ2v) is 13.4. The number of rotatable bonds is 11. The van der Waals surface area contributed by atoms with Gasteiger partial charge in [0, 0.05) is 55.4 Å². The minimum Gasteiger partial charge on any atom is -0.505 e. The molecule has 5 rings (SSSR count). The van der Waals surface area contributed by atoms with Crippen LogP contribution in [0.5, 0.6) is 5.75 Å². The fourth-order valence-corrected chi connectivity index (χ4v) is 5.87. The number of para-hydroxylation sites is 1. The first-order valence-corrected chi connectivity index (χ1v) is 17.8. The van der Waals surface area contributed by atoms with Crippen molar-refractivity contribution in [2.75, 3.05) is 27.4 Å². The summed E-state index contributed by atoms with van der Waals surface area (Å²) in [6.45, 7) is 2.52. The third kappa shape index (κ3) is 8.31. The number of phenolic OH excluding ortho intramolecular Hbond substituents is 1. The molecule has 0 fully saturated rings. The Bertz CT molecular complexity index is 1980. The van der Waals surface area contributed by atoms with Crippen molar-refractivity contribution in [3.8, 4) is 5.75 Å². The van der Waals surface area contributed by atoms with Crippen molar-refractivity contribution >= 4 is 138 Å². The van der Waals surface area contributed by atoms with Crippen molar-refractivity contribution in [2.24, 2.45) is 10.2 Å². The monoisotopic (exact) mass is 834 g/mol. The van der Waals surface area contributed by atoms with Gasteiger partial charge in [-0.2, -0.15) is 15.0 Å². The Morgan fingerprint density at radius 1 is 1.06 bits per heavy atom. The molecule has 0 radical (unpaired) electrons. The van der Waals surface area contributed by atoms with Crippen LogP contribution in [0, 0.1) is 0 Å². The number of thiol groups is 2. The maximum Gasteiger partial charge on any atom is 0.239 e. The number of phenols is 1. The first-order chi connectivity index (χ1) is 22.6. The van der Waals surface area contributed by atoms with E-state index >= 15 is 0 Å². The molecule has 0 aliphatic rings. The van der Waals surface area contributed by atoms with Gasteiger partial charge in [0.1, 0.15) is 16.2 Å². The number of carbonyl (C=O) groups excluding carboxylic acids is 1. The van der Waals surface area contributed by atoms with Gasteiger partial charge in [-0.05, 0) is 72.4 Å². The van der Waals surface area contributed by atoms with Gasteiger partial charge in [0.05, 0.1) is 5.69 Å². The minimum atomic E-state index is -0.424. The number of azo groups is 1. The number of nitrogens with zero attached hydrogens (tertiary/aromatic N) is 6. The molecule has 1 heterocycles. The summed E-state index contributed by atoms with van der Waals surface area (Å²) in [6, 6.07) is 19.6. The molecule has 5 aromatic rings. The first kappa shape index (κ1) is 35.2. The molecule has 0 bridgehead atoms. The third-order valence-electron chi connectivity index (χ3n) is 6.63. The van der Waals surface area contributed by atoms with Crippen LogP contribution in [0.3, 0.4) is 0 Å². The van der Waals surface area contributed by atoms with Crippen molar-refractivity contribution < 1.29 is 14.5 Å². The van der Waals surface area contributed by atoms with Crippen molar-refractivity contribution in [1.82, 2.24) is 15.0 Å². The van der Waals surface area contributed by atoms with Gasteiger partial charge in [-0.25, -0.2) is 0 Å². The number of hydrogen-bond acceptors (Lipinski definition) is 13. The van der Waals surface area contributed by atoms with Gasteiger partial charge in [0.25, 0.3) is 0 Å². The number of anilines is 5. The summed E-state index contributed by atoms with van der Waals surface area (Å²) in [7, 11) is 0. The number of amides is 1. The van der Waals surface area contributed by atoms with E-state index in [0.29, 0.717) is 72.4 Å². The Kier molecular flexibility index (Phi) is 11.9. The quantitative estimate of drug-likeness (QED) is 0.0331. The molecule has 0 spiro atoms. The van der Waals surface area contributed by atoms with Crippen molar-refractivity contribution in [2.45, 2.75) is 26.4 Å².